The largest absolute Gasteiger partial charge is 0.399 e. The SMILES string of the molecule is NC(=O)c1ccc(N)cc1SCc1ccc(Cl)cc1. The molecule has 0 heterocycles. The maximum Gasteiger partial charge on any atom is 0.249 e. The molecule has 0 bridgehead atoms. The number of rotatable bonds is 4. The van der Waals surface area contributed by atoms with Gasteiger partial charge in [-0.2, -0.15) is 0 Å². The Hall–Kier alpha value is -1.65. The summed E-state index contributed by atoms with van der Waals surface area (Å²) in [6.45, 7) is 0. The first-order valence-corrected chi connectivity index (χ1v) is 6.99. The molecule has 19 heavy (non-hydrogen) atoms. The van der Waals surface area contributed by atoms with Gasteiger partial charge in [0.2, 0.25) is 5.91 Å². The zero-order valence-electron chi connectivity index (χ0n) is 10.1. The van der Waals surface area contributed by atoms with Crippen molar-refractivity contribution in [3.8, 4) is 0 Å². The number of hydrogen-bond acceptors (Lipinski definition) is 3. The third-order valence-corrected chi connectivity index (χ3v) is 3.96. The topological polar surface area (TPSA) is 69.1 Å². The van der Waals surface area contributed by atoms with Crippen LogP contribution in [0.25, 0.3) is 0 Å². The van der Waals surface area contributed by atoms with Gasteiger partial charge in [-0.25, -0.2) is 0 Å². The number of carbonyl (C=O) groups excluding carboxylic acids is 1. The van der Waals surface area contributed by atoms with Gasteiger partial charge in [-0.15, -0.1) is 11.8 Å². The van der Waals surface area contributed by atoms with Gasteiger partial charge in [-0.05, 0) is 35.9 Å². The zero-order chi connectivity index (χ0) is 13.8. The van der Waals surface area contributed by atoms with Crippen LogP contribution in [0.15, 0.2) is 47.4 Å². The molecule has 98 valence electrons. The highest BCUT2D eigenvalue weighted by Gasteiger charge is 2.09. The standard InChI is InChI=1S/C14H13ClN2OS/c15-10-3-1-9(2-4-10)8-19-13-7-11(16)5-6-12(13)14(17)18/h1-7H,8,16H2,(H2,17,18). The average Bonchev–Trinajstić information content (AvgIpc) is 2.38. The second kappa shape index (κ2) is 5.99. The highest BCUT2D eigenvalue weighted by atomic mass is 35.5. The van der Waals surface area contributed by atoms with Crippen LogP contribution in [0.5, 0.6) is 0 Å². The Morgan fingerprint density at radius 3 is 2.47 bits per heavy atom. The Kier molecular flexibility index (Phi) is 4.35. The van der Waals surface area contributed by atoms with Crippen LogP contribution in [0.3, 0.4) is 0 Å². The smallest absolute Gasteiger partial charge is 0.249 e. The van der Waals surface area contributed by atoms with E-state index in [4.69, 9.17) is 23.1 Å². The Labute approximate surface area is 120 Å². The number of halogens is 1. The number of thioether (sulfide) groups is 1. The van der Waals surface area contributed by atoms with Crippen LogP contribution >= 0.6 is 23.4 Å². The van der Waals surface area contributed by atoms with Crippen LogP contribution in [0, 0.1) is 0 Å². The number of anilines is 1. The van der Waals surface area contributed by atoms with Gasteiger partial charge in [0.05, 0.1) is 5.56 Å². The molecule has 0 radical (unpaired) electrons. The van der Waals surface area contributed by atoms with Gasteiger partial charge in [0.25, 0.3) is 0 Å². The molecule has 2 aromatic carbocycles. The van der Waals surface area contributed by atoms with Gasteiger partial charge < -0.3 is 11.5 Å². The predicted molar refractivity (Wildman–Crippen MR) is 80.4 cm³/mol. The number of nitrogen functional groups attached to an aromatic ring is 1. The van der Waals surface area contributed by atoms with E-state index < -0.39 is 5.91 Å². The fourth-order valence-corrected chi connectivity index (χ4v) is 2.79. The van der Waals surface area contributed by atoms with Crippen LogP contribution < -0.4 is 11.5 Å². The average molecular weight is 293 g/mol. The van der Waals surface area contributed by atoms with Crippen molar-refractivity contribution in [3.63, 3.8) is 0 Å². The van der Waals surface area contributed by atoms with Crippen LogP contribution in [-0.2, 0) is 5.75 Å². The molecule has 0 saturated carbocycles. The van der Waals surface area contributed by atoms with Crippen molar-refractivity contribution in [2.45, 2.75) is 10.6 Å². The Bertz CT molecular complexity index is 599. The maximum atomic E-state index is 11.3. The van der Waals surface area contributed by atoms with Gasteiger partial charge in [-0.1, -0.05) is 23.7 Å². The first kappa shape index (κ1) is 13.8. The molecule has 4 N–H and O–H groups in total. The molecule has 0 aliphatic heterocycles. The lowest BCUT2D eigenvalue weighted by molar-refractivity contribution is 0.0997. The molecule has 0 atom stereocenters. The van der Waals surface area contributed by atoms with Crippen LogP contribution in [-0.4, -0.2) is 5.91 Å². The van der Waals surface area contributed by atoms with Crippen molar-refractivity contribution < 1.29 is 4.79 Å². The van der Waals surface area contributed by atoms with E-state index in [0.29, 0.717) is 16.3 Å². The van der Waals surface area contributed by atoms with Crippen molar-refractivity contribution in [2.75, 3.05) is 5.73 Å². The van der Waals surface area contributed by atoms with E-state index in [1.807, 2.05) is 24.3 Å². The van der Waals surface area contributed by atoms with Gasteiger partial charge >= 0.3 is 0 Å². The highest BCUT2D eigenvalue weighted by Crippen LogP contribution is 2.28. The van der Waals surface area contributed by atoms with Crippen LogP contribution in [0.1, 0.15) is 15.9 Å². The minimum absolute atomic E-state index is 0.446. The summed E-state index contributed by atoms with van der Waals surface area (Å²) in [6.07, 6.45) is 0. The molecule has 0 unspecified atom stereocenters. The number of benzene rings is 2. The molecule has 0 fully saturated rings. The summed E-state index contributed by atoms with van der Waals surface area (Å²) in [5, 5.41) is 0.704. The summed E-state index contributed by atoms with van der Waals surface area (Å²) in [7, 11) is 0. The second-order valence-corrected chi connectivity index (χ2v) is 5.49. The molecule has 5 heteroatoms. The van der Waals surface area contributed by atoms with Gasteiger partial charge in [-0.3, -0.25) is 4.79 Å². The van der Waals surface area contributed by atoms with Crippen LogP contribution in [0.4, 0.5) is 5.69 Å². The fraction of sp³-hybridized carbons (Fsp3) is 0.0714. The first-order valence-electron chi connectivity index (χ1n) is 5.63. The number of amides is 1. The maximum absolute atomic E-state index is 11.3. The number of carbonyl (C=O) groups is 1. The quantitative estimate of drug-likeness (QED) is 0.671. The van der Waals surface area contributed by atoms with Crippen LogP contribution in [0.2, 0.25) is 5.02 Å². The van der Waals surface area contributed by atoms with E-state index in [2.05, 4.69) is 0 Å². The minimum Gasteiger partial charge on any atom is -0.399 e. The number of hydrogen-bond donors (Lipinski definition) is 2. The van der Waals surface area contributed by atoms with E-state index >= 15 is 0 Å². The molecule has 0 aliphatic carbocycles. The number of primary amides is 1. The Morgan fingerprint density at radius 1 is 1.16 bits per heavy atom. The second-order valence-electron chi connectivity index (χ2n) is 4.03. The summed E-state index contributed by atoms with van der Waals surface area (Å²) in [5.74, 6) is 0.277. The van der Waals surface area contributed by atoms with Crippen molar-refractivity contribution in [1.82, 2.24) is 0 Å². The van der Waals surface area contributed by atoms with Gasteiger partial charge in [0.15, 0.2) is 0 Å². The lowest BCUT2D eigenvalue weighted by atomic mass is 10.2. The van der Waals surface area contributed by atoms with E-state index in [0.717, 1.165) is 16.2 Å². The van der Waals surface area contributed by atoms with E-state index in [1.54, 1.807) is 18.2 Å². The van der Waals surface area contributed by atoms with E-state index in [-0.39, 0.29) is 0 Å². The summed E-state index contributed by atoms with van der Waals surface area (Å²) in [4.78, 5) is 12.1. The molecule has 0 spiro atoms. The molecular weight excluding hydrogens is 280 g/mol. The third kappa shape index (κ3) is 3.66. The van der Waals surface area contributed by atoms with E-state index in [9.17, 15) is 4.79 Å². The lowest BCUT2D eigenvalue weighted by Gasteiger charge is -2.07. The molecule has 0 aliphatic rings. The Morgan fingerprint density at radius 2 is 1.84 bits per heavy atom. The van der Waals surface area contributed by atoms with Gasteiger partial charge in [0, 0.05) is 21.4 Å². The molecule has 0 aromatic heterocycles. The third-order valence-electron chi connectivity index (χ3n) is 2.58. The zero-order valence-corrected chi connectivity index (χ0v) is 11.7. The summed E-state index contributed by atoms with van der Waals surface area (Å²) in [6, 6.07) is 12.7. The Balaban J connectivity index is 2.16. The first-order chi connectivity index (χ1) is 9.06. The van der Waals surface area contributed by atoms with Crippen molar-refractivity contribution in [3.05, 3.63) is 58.6 Å². The van der Waals surface area contributed by atoms with Crippen molar-refractivity contribution in [2.24, 2.45) is 5.73 Å². The molecule has 2 rings (SSSR count). The molecule has 1 amide bonds. The monoisotopic (exact) mass is 292 g/mol. The highest BCUT2D eigenvalue weighted by molar-refractivity contribution is 7.98. The summed E-state index contributed by atoms with van der Waals surface area (Å²) in [5.41, 5.74) is 13.3. The fourth-order valence-electron chi connectivity index (χ4n) is 1.60. The molecular formula is C14H13ClN2OS. The van der Waals surface area contributed by atoms with Crippen molar-refractivity contribution in [1.29, 1.82) is 0 Å². The molecule has 2 aromatic rings. The molecule has 3 nitrogen and oxygen atoms in total. The number of nitrogens with two attached hydrogens (primary N) is 2. The summed E-state index contributed by atoms with van der Waals surface area (Å²) < 4.78 is 0. The molecule has 0 saturated heterocycles. The normalized spacial score (nSPS) is 10.4. The van der Waals surface area contributed by atoms with E-state index in [1.165, 1.54) is 11.8 Å². The van der Waals surface area contributed by atoms with Crippen molar-refractivity contribution >= 4 is 35.0 Å². The van der Waals surface area contributed by atoms with Gasteiger partial charge in [0.1, 0.15) is 0 Å². The lowest BCUT2D eigenvalue weighted by Crippen LogP contribution is -2.12. The minimum atomic E-state index is -0.446. The predicted octanol–water partition coefficient (Wildman–Crippen LogP) is 3.31. The summed E-state index contributed by atoms with van der Waals surface area (Å²) >= 11 is 7.36.